The second-order valence-electron chi connectivity index (χ2n) is 17.3. The maximum atomic E-state index is 6.66. The first-order chi connectivity index (χ1) is 32.2. The Labute approximate surface area is 373 Å². The molecule has 4 heterocycles. The van der Waals surface area contributed by atoms with Crippen molar-refractivity contribution in [2.45, 2.75) is 12.8 Å². The van der Waals surface area contributed by atoms with Gasteiger partial charge in [-0.3, -0.25) is 0 Å². The van der Waals surface area contributed by atoms with Crippen LogP contribution in [0.25, 0.3) is 138 Å². The minimum Gasteiger partial charge on any atom is -0.456 e. The van der Waals surface area contributed by atoms with Crippen LogP contribution >= 0.6 is 0 Å². The van der Waals surface area contributed by atoms with Gasteiger partial charge in [-0.05, 0) is 98.8 Å². The molecule has 0 aliphatic heterocycles. The molecule has 4 heteroatoms. The summed E-state index contributed by atoms with van der Waals surface area (Å²) in [7, 11) is 0. The molecule has 0 spiro atoms. The van der Waals surface area contributed by atoms with Crippen molar-refractivity contribution in [2.75, 3.05) is 0 Å². The highest BCUT2D eigenvalue weighted by Gasteiger charge is 2.21. The molecular weight excluding hydrogens is 791 g/mol. The van der Waals surface area contributed by atoms with Gasteiger partial charge in [-0.1, -0.05) is 158 Å². The first kappa shape index (κ1) is 36.1. The lowest BCUT2D eigenvalue weighted by Gasteiger charge is -2.14. The fourth-order valence-corrected chi connectivity index (χ4v) is 10.5. The topological polar surface area (TPSA) is 51.8 Å². The van der Waals surface area contributed by atoms with Crippen LogP contribution in [-0.2, 0) is 6.42 Å². The number of allylic oxidation sites excluding steroid dienone is 1. The van der Waals surface area contributed by atoms with E-state index in [-0.39, 0.29) is 0 Å². The van der Waals surface area contributed by atoms with Crippen LogP contribution in [0, 0.1) is 0 Å². The lowest BCUT2D eigenvalue weighted by Crippen LogP contribution is -1.92. The van der Waals surface area contributed by atoms with Crippen LogP contribution in [0.4, 0.5) is 0 Å². The van der Waals surface area contributed by atoms with Gasteiger partial charge in [-0.15, -0.1) is 0 Å². The van der Waals surface area contributed by atoms with Crippen molar-refractivity contribution in [3.8, 4) is 44.9 Å². The molecule has 4 nitrogen and oxygen atoms in total. The fourth-order valence-electron chi connectivity index (χ4n) is 10.5. The number of aromatic nitrogens is 3. The molecule has 9 aromatic carbocycles. The smallest absolute Gasteiger partial charge is 0.143 e. The molecule has 302 valence electrons. The predicted octanol–water partition coefficient (Wildman–Crippen LogP) is 16.3. The van der Waals surface area contributed by atoms with Crippen LogP contribution in [0.15, 0.2) is 199 Å². The van der Waals surface area contributed by atoms with Crippen molar-refractivity contribution >= 4 is 92.8 Å². The molecule has 13 aromatic rings. The minimum absolute atomic E-state index is 0.910. The van der Waals surface area contributed by atoms with Gasteiger partial charge in [0.2, 0.25) is 0 Å². The van der Waals surface area contributed by atoms with Crippen molar-refractivity contribution in [1.82, 2.24) is 15.0 Å². The molecule has 4 aromatic heterocycles. The van der Waals surface area contributed by atoms with E-state index in [4.69, 9.17) is 19.4 Å². The molecule has 0 atom stereocenters. The van der Waals surface area contributed by atoms with Crippen molar-refractivity contribution in [2.24, 2.45) is 0 Å². The number of rotatable bonds is 4. The normalized spacial score (nSPS) is 12.7. The Hall–Kier alpha value is -8.47. The second kappa shape index (κ2) is 14.0. The third kappa shape index (κ3) is 5.60. The number of para-hydroxylation sites is 1. The summed E-state index contributed by atoms with van der Waals surface area (Å²) in [6.45, 7) is 0. The monoisotopic (exact) mass is 827 g/mol. The largest absolute Gasteiger partial charge is 0.456 e. The zero-order valence-electron chi connectivity index (χ0n) is 35.2. The minimum atomic E-state index is 0.910. The van der Waals surface area contributed by atoms with E-state index in [9.17, 15) is 0 Å². The van der Waals surface area contributed by atoms with Crippen molar-refractivity contribution in [1.29, 1.82) is 0 Å². The number of pyridine rings is 3. The summed E-state index contributed by atoms with van der Waals surface area (Å²) in [5.74, 6) is 0.978. The lowest BCUT2D eigenvalue weighted by atomic mass is 9.90. The predicted molar refractivity (Wildman–Crippen MR) is 271 cm³/mol. The number of benzene rings is 9. The molecule has 0 unspecified atom stereocenters. The highest BCUT2D eigenvalue weighted by atomic mass is 16.3. The molecule has 0 radical (unpaired) electrons. The average molecular weight is 828 g/mol. The van der Waals surface area contributed by atoms with E-state index in [1.54, 1.807) is 0 Å². The van der Waals surface area contributed by atoms with Gasteiger partial charge in [0, 0.05) is 54.6 Å². The third-order valence-electron chi connectivity index (χ3n) is 13.7. The van der Waals surface area contributed by atoms with E-state index >= 15 is 0 Å². The molecule has 14 rings (SSSR count). The average Bonchev–Trinajstić information content (AvgIpc) is 3.77. The Morgan fingerprint density at radius 2 is 0.954 bits per heavy atom. The van der Waals surface area contributed by atoms with Crippen LogP contribution in [0.2, 0.25) is 0 Å². The SMILES string of the molecule is C1=Cc2oc3c(ccc4c(-c5cccc(-c6ccc7c8ccc(-c9ccc%10ccc%11ccc(-c%12ccccc%12)nc%11c%10n9)cc8c8ccccc8c7c6)c5)nc5ccccc5c43)c2CC1. The fraction of sp³-hybridized carbons (Fsp3) is 0.0328. The summed E-state index contributed by atoms with van der Waals surface area (Å²) in [5, 5.41) is 14.0. The van der Waals surface area contributed by atoms with Gasteiger partial charge in [-0.25, -0.2) is 15.0 Å². The Kier molecular flexibility index (Phi) is 7.78. The Balaban J connectivity index is 0.892. The first-order valence-electron chi connectivity index (χ1n) is 22.4. The standard InChI is InChI=1S/C61H37N3O/c1-2-11-36(12-3-1)53-31-25-37-21-22-38-26-32-54(63-60(38)59(37)62-53)41-24-28-46-45-27-23-40(34-51(45)43-15-4-5-16-44(43)52(46)35-41)39-13-10-14-42(33-39)58-50-30-29-48-47-17-7-9-20-56(47)65-61(48)57(50)49-18-6-8-19-55(49)64-58/h1-6,8-16,18-35H,7,17H2. The van der Waals surface area contributed by atoms with E-state index in [1.807, 2.05) is 6.07 Å². The lowest BCUT2D eigenvalue weighted by molar-refractivity contribution is 0.598. The quantitative estimate of drug-likeness (QED) is 0.166. The molecule has 0 bridgehead atoms. The number of hydrogen-bond acceptors (Lipinski definition) is 4. The van der Waals surface area contributed by atoms with Crippen LogP contribution in [0.1, 0.15) is 17.7 Å². The van der Waals surface area contributed by atoms with Crippen LogP contribution in [-0.4, -0.2) is 15.0 Å². The van der Waals surface area contributed by atoms with Gasteiger partial charge in [0.1, 0.15) is 11.3 Å². The molecule has 1 aliphatic carbocycles. The Bertz CT molecular complexity index is 4160. The molecule has 65 heavy (non-hydrogen) atoms. The van der Waals surface area contributed by atoms with E-state index < -0.39 is 0 Å². The summed E-state index contributed by atoms with van der Waals surface area (Å²) in [5.41, 5.74) is 13.4. The summed E-state index contributed by atoms with van der Waals surface area (Å²) >= 11 is 0. The van der Waals surface area contributed by atoms with Crippen molar-refractivity contribution < 1.29 is 4.42 Å². The highest BCUT2D eigenvalue weighted by molar-refractivity contribution is 6.26. The van der Waals surface area contributed by atoms with Gasteiger partial charge >= 0.3 is 0 Å². The van der Waals surface area contributed by atoms with Gasteiger partial charge in [0.25, 0.3) is 0 Å². The number of aryl methyl sites for hydroxylation is 1. The van der Waals surface area contributed by atoms with E-state index in [1.165, 1.54) is 43.3 Å². The van der Waals surface area contributed by atoms with Crippen LogP contribution in [0.3, 0.4) is 0 Å². The third-order valence-corrected chi connectivity index (χ3v) is 13.7. The number of furan rings is 1. The van der Waals surface area contributed by atoms with Gasteiger partial charge in [0.15, 0.2) is 0 Å². The van der Waals surface area contributed by atoms with Crippen LogP contribution in [0.5, 0.6) is 0 Å². The number of nitrogens with zero attached hydrogens (tertiary/aromatic N) is 3. The van der Waals surface area contributed by atoms with E-state index in [0.717, 1.165) is 113 Å². The molecular formula is C61H37N3O. The van der Waals surface area contributed by atoms with Gasteiger partial charge in [0.05, 0.1) is 33.6 Å². The summed E-state index contributed by atoms with van der Waals surface area (Å²) < 4.78 is 6.66. The molecule has 0 amide bonds. The van der Waals surface area contributed by atoms with E-state index in [2.05, 4.69) is 194 Å². The maximum Gasteiger partial charge on any atom is 0.143 e. The van der Waals surface area contributed by atoms with Crippen molar-refractivity contribution in [3.05, 3.63) is 205 Å². The summed E-state index contributed by atoms with van der Waals surface area (Å²) in [4.78, 5) is 15.8. The Morgan fingerprint density at radius 1 is 0.385 bits per heavy atom. The molecule has 0 saturated carbocycles. The molecule has 0 saturated heterocycles. The summed E-state index contributed by atoms with van der Waals surface area (Å²) in [6, 6.07) is 67.6. The maximum absolute atomic E-state index is 6.66. The van der Waals surface area contributed by atoms with E-state index in [0.29, 0.717) is 0 Å². The zero-order chi connectivity index (χ0) is 42.6. The number of hydrogen-bond donors (Lipinski definition) is 0. The Morgan fingerprint density at radius 3 is 1.72 bits per heavy atom. The summed E-state index contributed by atoms with van der Waals surface area (Å²) in [6.07, 6.45) is 6.38. The van der Waals surface area contributed by atoms with Crippen LogP contribution < -0.4 is 0 Å². The molecule has 0 fully saturated rings. The number of fused-ring (bicyclic) bond motifs is 16. The second-order valence-corrected chi connectivity index (χ2v) is 17.3. The van der Waals surface area contributed by atoms with Gasteiger partial charge in [-0.2, -0.15) is 0 Å². The van der Waals surface area contributed by atoms with Crippen molar-refractivity contribution in [3.63, 3.8) is 0 Å². The van der Waals surface area contributed by atoms with Gasteiger partial charge < -0.3 is 4.42 Å². The molecule has 0 N–H and O–H groups in total. The first-order valence-corrected chi connectivity index (χ1v) is 22.4. The molecule has 1 aliphatic rings. The highest BCUT2D eigenvalue weighted by Crippen LogP contribution is 2.43. The zero-order valence-corrected chi connectivity index (χ0v) is 35.2.